The Bertz CT molecular complexity index is 865. The highest BCUT2D eigenvalue weighted by Crippen LogP contribution is 2.27. The average molecular weight is 376 g/mol. The Labute approximate surface area is 165 Å². The van der Waals surface area contributed by atoms with Crippen molar-refractivity contribution in [3.63, 3.8) is 0 Å². The molecule has 3 rings (SSSR count). The van der Waals surface area contributed by atoms with E-state index in [9.17, 15) is 14.9 Å². The van der Waals surface area contributed by atoms with Crippen LogP contribution in [0.15, 0.2) is 54.6 Å². The number of amides is 1. The fourth-order valence-corrected chi connectivity index (χ4v) is 3.62. The number of rotatable bonds is 6. The van der Waals surface area contributed by atoms with E-state index < -0.39 is 17.4 Å². The molecule has 2 aromatic carbocycles. The molecule has 1 N–H and O–H groups in total. The van der Waals surface area contributed by atoms with E-state index in [2.05, 4.69) is 11.4 Å². The van der Waals surface area contributed by atoms with Gasteiger partial charge in [-0.05, 0) is 36.5 Å². The van der Waals surface area contributed by atoms with Gasteiger partial charge in [0.15, 0.2) is 6.61 Å². The smallest absolute Gasteiger partial charge is 0.338 e. The van der Waals surface area contributed by atoms with E-state index in [0.717, 1.165) is 30.4 Å². The van der Waals surface area contributed by atoms with Crippen molar-refractivity contribution in [3.05, 3.63) is 71.3 Å². The second-order valence-electron chi connectivity index (χ2n) is 7.20. The number of nitriles is 1. The molecule has 1 fully saturated rings. The first-order chi connectivity index (χ1) is 13.6. The van der Waals surface area contributed by atoms with Gasteiger partial charge in [-0.15, -0.1) is 0 Å². The third kappa shape index (κ3) is 4.98. The molecule has 28 heavy (non-hydrogen) atoms. The lowest BCUT2D eigenvalue weighted by molar-refractivity contribution is -0.125. The first kappa shape index (κ1) is 19.6. The Kier molecular flexibility index (Phi) is 6.44. The lowest BCUT2D eigenvalue weighted by Crippen LogP contribution is -2.50. The van der Waals surface area contributed by atoms with E-state index in [4.69, 9.17) is 4.74 Å². The Morgan fingerprint density at radius 3 is 2.39 bits per heavy atom. The molecule has 0 radical (unpaired) electrons. The Hall–Kier alpha value is -3.13. The van der Waals surface area contributed by atoms with Crippen LogP contribution < -0.4 is 5.32 Å². The van der Waals surface area contributed by atoms with Crippen LogP contribution in [0.4, 0.5) is 0 Å². The minimum absolute atomic E-state index is 0.387. The van der Waals surface area contributed by atoms with E-state index in [1.807, 2.05) is 42.5 Å². The molecule has 5 heteroatoms. The van der Waals surface area contributed by atoms with Gasteiger partial charge in [-0.2, -0.15) is 5.26 Å². The minimum atomic E-state index is -0.826. The molecule has 0 bridgehead atoms. The maximum absolute atomic E-state index is 12.5. The summed E-state index contributed by atoms with van der Waals surface area (Å²) in [6, 6.07) is 19.3. The van der Waals surface area contributed by atoms with Crippen molar-refractivity contribution in [3.8, 4) is 6.07 Å². The number of hydrogen-bond donors (Lipinski definition) is 1. The summed E-state index contributed by atoms with van der Waals surface area (Å²) >= 11 is 0. The van der Waals surface area contributed by atoms with E-state index in [-0.39, 0.29) is 6.61 Å². The summed E-state index contributed by atoms with van der Waals surface area (Å²) in [5.74, 6) is -0.964. The fourth-order valence-electron chi connectivity index (χ4n) is 3.62. The van der Waals surface area contributed by atoms with Crippen LogP contribution in [0, 0.1) is 11.3 Å². The predicted molar refractivity (Wildman–Crippen MR) is 106 cm³/mol. The molecule has 1 amide bonds. The molecule has 0 spiro atoms. The number of esters is 1. The number of carbonyl (C=O) groups is 2. The molecule has 0 heterocycles. The average Bonchev–Trinajstić information content (AvgIpc) is 2.74. The second-order valence-corrected chi connectivity index (χ2v) is 7.20. The Morgan fingerprint density at radius 2 is 1.68 bits per heavy atom. The summed E-state index contributed by atoms with van der Waals surface area (Å²) in [4.78, 5) is 24.8. The lowest BCUT2D eigenvalue weighted by atomic mass is 9.83. The van der Waals surface area contributed by atoms with Gasteiger partial charge in [-0.25, -0.2) is 4.79 Å². The van der Waals surface area contributed by atoms with Gasteiger partial charge < -0.3 is 10.1 Å². The van der Waals surface area contributed by atoms with Gasteiger partial charge in [0, 0.05) is 0 Å². The SMILES string of the molecule is N#CC1(NC(=O)COC(=O)c2ccccc2Cc2ccccc2)CCCCC1. The van der Waals surface area contributed by atoms with Crippen molar-refractivity contribution in [2.75, 3.05) is 6.61 Å². The summed E-state index contributed by atoms with van der Waals surface area (Å²) in [5.41, 5.74) is 1.56. The zero-order chi connectivity index (χ0) is 19.8. The highest BCUT2D eigenvalue weighted by Gasteiger charge is 2.33. The van der Waals surface area contributed by atoms with Crippen molar-refractivity contribution in [1.82, 2.24) is 5.32 Å². The molecular weight excluding hydrogens is 352 g/mol. The van der Waals surface area contributed by atoms with Crippen molar-refractivity contribution >= 4 is 11.9 Å². The Morgan fingerprint density at radius 1 is 1.00 bits per heavy atom. The van der Waals surface area contributed by atoms with Crippen LogP contribution in [0.2, 0.25) is 0 Å². The van der Waals surface area contributed by atoms with E-state index >= 15 is 0 Å². The van der Waals surface area contributed by atoms with Crippen LogP contribution in [0.1, 0.15) is 53.6 Å². The fraction of sp³-hybridized carbons (Fsp3) is 0.348. The topological polar surface area (TPSA) is 79.2 Å². The van der Waals surface area contributed by atoms with Crippen molar-refractivity contribution in [2.45, 2.75) is 44.1 Å². The maximum Gasteiger partial charge on any atom is 0.338 e. The molecule has 0 unspecified atom stereocenters. The molecule has 0 aliphatic heterocycles. The molecule has 0 aromatic heterocycles. The van der Waals surface area contributed by atoms with E-state index in [0.29, 0.717) is 24.8 Å². The van der Waals surface area contributed by atoms with Crippen LogP contribution in [0.5, 0.6) is 0 Å². The zero-order valence-electron chi connectivity index (χ0n) is 15.8. The monoisotopic (exact) mass is 376 g/mol. The minimum Gasteiger partial charge on any atom is -0.452 e. The molecule has 0 atom stereocenters. The number of nitrogens with zero attached hydrogens (tertiary/aromatic N) is 1. The number of carbonyl (C=O) groups excluding carboxylic acids is 2. The number of hydrogen-bond acceptors (Lipinski definition) is 4. The van der Waals surface area contributed by atoms with Gasteiger partial charge in [0.25, 0.3) is 5.91 Å². The molecule has 1 aliphatic carbocycles. The molecule has 144 valence electrons. The molecular formula is C23H24N2O3. The summed E-state index contributed by atoms with van der Waals surface area (Å²) in [6.45, 7) is -0.387. The quantitative estimate of drug-likeness (QED) is 0.778. The number of nitrogens with one attached hydrogen (secondary N) is 1. The first-order valence-corrected chi connectivity index (χ1v) is 9.63. The number of benzene rings is 2. The normalized spacial score (nSPS) is 15.2. The largest absolute Gasteiger partial charge is 0.452 e. The van der Waals surface area contributed by atoms with Gasteiger partial charge in [0.1, 0.15) is 5.54 Å². The van der Waals surface area contributed by atoms with Crippen LogP contribution in [0.3, 0.4) is 0 Å². The molecule has 1 aliphatic rings. The standard InChI is InChI=1S/C23H24N2O3/c24-17-23(13-7-2-8-14-23)25-21(26)16-28-22(27)20-12-6-5-11-19(20)15-18-9-3-1-4-10-18/h1,3-6,9-12H,2,7-8,13-16H2,(H,25,26). The summed E-state index contributed by atoms with van der Waals surface area (Å²) in [6.07, 6.45) is 4.80. The van der Waals surface area contributed by atoms with Crippen molar-refractivity contribution in [1.29, 1.82) is 5.26 Å². The third-order valence-electron chi connectivity index (χ3n) is 5.11. The molecule has 0 saturated heterocycles. The van der Waals surface area contributed by atoms with E-state index in [1.54, 1.807) is 12.1 Å². The van der Waals surface area contributed by atoms with Crippen molar-refractivity contribution < 1.29 is 14.3 Å². The summed E-state index contributed by atoms with van der Waals surface area (Å²) < 4.78 is 5.24. The lowest BCUT2D eigenvalue weighted by Gasteiger charge is -2.31. The van der Waals surface area contributed by atoms with Gasteiger partial charge in [0.05, 0.1) is 11.6 Å². The van der Waals surface area contributed by atoms with Gasteiger partial charge in [0.2, 0.25) is 0 Å². The summed E-state index contributed by atoms with van der Waals surface area (Å²) in [5, 5.41) is 12.2. The predicted octanol–water partition coefficient (Wildman–Crippen LogP) is 3.78. The molecule has 2 aromatic rings. The zero-order valence-corrected chi connectivity index (χ0v) is 15.8. The van der Waals surface area contributed by atoms with Gasteiger partial charge >= 0.3 is 5.97 Å². The van der Waals surface area contributed by atoms with Crippen LogP contribution in [-0.2, 0) is 16.0 Å². The summed E-state index contributed by atoms with van der Waals surface area (Å²) in [7, 11) is 0. The van der Waals surface area contributed by atoms with Crippen LogP contribution in [0.25, 0.3) is 0 Å². The van der Waals surface area contributed by atoms with Gasteiger partial charge in [-0.1, -0.05) is 67.8 Å². The highest BCUT2D eigenvalue weighted by molar-refractivity contribution is 5.93. The van der Waals surface area contributed by atoms with Gasteiger partial charge in [-0.3, -0.25) is 4.79 Å². The van der Waals surface area contributed by atoms with Crippen LogP contribution in [-0.4, -0.2) is 24.0 Å². The molecule has 1 saturated carbocycles. The highest BCUT2D eigenvalue weighted by atomic mass is 16.5. The Balaban J connectivity index is 1.61. The maximum atomic E-state index is 12.5. The first-order valence-electron chi connectivity index (χ1n) is 9.63. The molecule has 5 nitrogen and oxygen atoms in total. The van der Waals surface area contributed by atoms with E-state index in [1.165, 1.54) is 0 Å². The van der Waals surface area contributed by atoms with Crippen molar-refractivity contribution in [2.24, 2.45) is 0 Å². The third-order valence-corrected chi connectivity index (χ3v) is 5.11. The second kappa shape index (κ2) is 9.18. The van der Waals surface area contributed by atoms with Crippen LogP contribution >= 0.6 is 0 Å². The number of ether oxygens (including phenoxy) is 1.